The molecule has 0 aliphatic heterocycles. The Morgan fingerprint density at radius 1 is 0.963 bits per heavy atom. The summed E-state index contributed by atoms with van der Waals surface area (Å²) < 4.78 is 42.6. The Hall–Kier alpha value is -3.16. The van der Waals surface area contributed by atoms with Crippen LogP contribution in [0.3, 0.4) is 0 Å². The summed E-state index contributed by atoms with van der Waals surface area (Å²) in [7, 11) is 0. The first-order valence-electron chi connectivity index (χ1n) is 8.26. The number of hydrogen-bond donors (Lipinski definition) is 1. The number of ether oxygens (including phenoxy) is 3. The van der Waals surface area contributed by atoms with Crippen LogP contribution >= 0.6 is 0 Å². The SMILES string of the molecule is CCOc1ccc(NC(=O)COC(=O)c2c(F)cccc2F)cc1OCC. The highest BCUT2D eigenvalue weighted by Crippen LogP contribution is 2.30. The van der Waals surface area contributed by atoms with Crippen molar-refractivity contribution in [1.29, 1.82) is 0 Å². The maximum atomic E-state index is 13.5. The smallest absolute Gasteiger partial charge is 0.344 e. The molecule has 6 nitrogen and oxygen atoms in total. The van der Waals surface area contributed by atoms with Crippen molar-refractivity contribution in [2.24, 2.45) is 0 Å². The lowest BCUT2D eigenvalue weighted by atomic mass is 10.2. The van der Waals surface area contributed by atoms with E-state index < -0.39 is 35.7 Å². The van der Waals surface area contributed by atoms with Crippen LogP contribution in [0.1, 0.15) is 24.2 Å². The zero-order valence-corrected chi connectivity index (χ0v) is 14.9. The lowest BCUT2D eigenvalue weighted by molar-refractivity contribution is -0.119. The van der Waals surface area contributed by atoms with Gasteiger partial charge in [-0.05, 0) is 38.1 Å². The summed E-state index contributed by atoms with van der Waals surface area (Å²) in [4.78, 5) is 23.7. The fourth-order valence-corrected chi connectivity index (χ4v) is 2.22. The molecule has 0 saturated heterocycles. The predicted octanol–water partition coefficient (Wildman–Crippen LogP) is 3.56. The van der Waals surface area contributed by atoms with E-state index >= 15 is 0 Å². The molecule has 144 valence electrons. The van der Waals surface area contributed by atoms with Gasteiger partial charge in [0.1, 0.15) is 17.2 Å². The largest absolute Gasteiger partial charge is 0.490 e. The van der Waals surface area contributed by atoms with E-state index in [2.05, 4.69) is 10.1 Å². The highest BCUT2D eigenvalue weighted by atomic mass is 19.1. The molecule has 2 aromatic rings. The van der Waals surface area contributed by atoms with Gasteiger partial charge in [0.15, 0.2) is 18.1 Å². The van der Waals surface area contributed by atoms with Crippen molar-refractivity contribution >= 4 is 17.6 Å². The summed E-state index contributed by atoms with van der Waals surface area (Å²) in [5.41, 5.74) is -0.454. The molecule has 27 heavy (non-hydrogen) atoms. The van der Waals surface area contributed by atoms with Gasteiger partial charge in [-0.25, -0.2) is 13.6 Å². The third-order valence-corrected chi connectivity index (χ3v) is 3.33. The summed E-state index contributed by atoms with van der Waals surface area (Å²) in [6.45, 7) is 3.79. The molecule has 2 aromatic carbocycles. The molecule has 0 atom stereocenters. The van der Waals surface area contributed by atoms with Gasteiger partial charge in [-0.15, -0.1) is 0 Å². The predicted molar refractivity (Wildman–Crippen MR) is 94.1 cm³/mol. The summed E-state index contributed by atoms with van der Waals surface area (Å²) in [5, 5.41) is 2.51. The molecule has 0 spiro atoms. The van der Waals surface area contributed by atoms with Gasteiger partial charge >= 0.3 is 5.97 Å². The number of carbonyl (C=O) groups excluding carboxylic acids is 2. The maximum Gasteiger partial charge on any atom is 0.344 e. The first-order chi connectivity index (χ1) is 13.0. The lowest BCUT2D eigenvalue weighted by Gasteiger charge is -2.13. The molecule has 0 aromatic heterocycles. The first kappa shape index (κ1) is 20.2. The van der Waals surface area contributed by atoms with Crippen LogP contribution in [0, 0.1) is 11.6 Å². The molecular weight excluding hydrogens is 360 g/mol. The van der Waals surface area contributed by atoms with Gasteiger partial charge in [0.2, 0.25) is 0 Å². The van der Waals surface area contributed by atoms with Gasteiger partial charge in [-0.1, -0.05) is 6.07 Å². The third-order valence-electron chi connectivity index (χ3n) is 3.33. The molecule has 0 radical (unpaired) electrons. The fraction of sp³-hybridized carbons (Fsp3) is 0.263. The Bertz CT molecular complexity index is 805. The van der Waals surface area contributed by atoms with E-state index in [0.717, 1.165) is 18.2 Å². The van der Waals surface area contributed by atoms with Crippen LogP contribution in [-0.4, -0.2) is 31.7 Å². The minimum Gasteiger partial charge on any atom is -0.490 e. The molecular formula is C19H19F2NO5. The van der Waals surface area contributed by atoms with Gasteiger partial charge in [-0.3, -0.25) is 4.79 Å². The standard InChI is InChI=1S/C19H19F2NO5/c1-3-25-15-9-8-12(10-16(15)26-4-2)22-17(23)11-27-19(24)18-13(20)6-5-7-14(18)21/h5-10H,3-4,11H2,1-2H3,(H,22,23). The van der Waals surface area contributed by atoms with Gasteiger partial charge in [-0.2, -0.15) is 0 Å². The number of carbonyl (C=O) groups is 2. The molecule has 0 fully saturated rings. The highest BCUT2D eigenvalue weighted by Gasteiger charge is 2.19. The maximum absolute atomic E-state index is 13.5. The summed E-state index contributed by atoms with van der Waals surface area (Å²) in [6.07, 6.45) is 0. The average molecular weight is 379 g/mol. The van der Waals surface area contributed by atoms with Gasteiger partial charge in [0, 0.05) is 11.8 Å². The van der Waals surface area contributed by atoms with E-state index in [1.807, 2.05) is 13.8 Å². The number of anilines is 1. The third kappa shape index (κ3) is 5.40. The van der Waals surface area contributed by atoms with Crippen molar-refractivity contribution in [3.8, 4) is 11.5 Å². The van der Waals surface area contributed by atoms with E-state index in [0.29, 0.717) is 30.4 Å². The Labute approximate surface area is 155 Å². The molecule has 0 aliphatic carbocycles. The van der Waals surface area contributed by atoms with E-state index in [1.165, 1.54) is 0 Å². The minimum atomic E-state index is -1.26. The molecule has 1 N–H and O–H groups in total. The van der Waals surface area contributed by atoms with Gasteiger partial charge in [0.25, 0.3) is 5.91 Å². The number of nitrogens with one attached hydrogen (secondary N) is 1. The zero-order valence-electron chi connectivity index (χ0n) is 14.9. The molecule has 0 unspecified atom stereocenters. The van der Waals surface area contributed by atoms with Crippen LogP contribution in [0.5, 0.6) is 11.5 Å². The Morgan fingerprint density at radius 3 is 2.22 bits per heavy atom. The van der Waals surface area contributed by atoms with Gasteiger partial charge < -0.3 is 19.5 Å². The highest BCUT2D eigenvalue weighted by molar-refractivity contribution is 5.95. The molecule has 0 heterocycles. The summed E-state index contributed by atoms with van der Waals surface area (Å²) in [6, 6.07) is 7.75. The van der Waals surface area contributed by atoms with Crippen molar-refractivity contribution in [1.82, 2.24) is 0 Å². The molecule has 0 aliphatic rings. The Morgan fingerprint density at radius 2 is 1.59 bits per heavy atom. The van der Waals surface area contributed by atoms with Crippen LogP contribution in [-0.2, 0) is 9.53 Å². The van der Waals surface area contributed by atoms with Crippen molar-refractivity contribution in [2.45, 2.75) is 13.8 Å². The minimum absolute atomic E-state index is 0.389. The number of hydrogen-bond acceptors (Lipinski definition) is 5. The fourth-order valence-electron chi connectivity index (χ4n) is 2.22. The number of halogens is 2. The van der Waals surface area contributed by atoms with Crippen molar-refractivity contribution in [3.05, 3.63) is 53.6 Å². The molecule has 1 amide bonds. The van der Waals surface area contributed by atoms with Gasteiger partial charge in [0.05, 0.1) is 13.2 Å². The first-order valence-corrected chi connectivity index (χ1v) is 8.26. The second kappa shape index (κ2) is 9.51. The summed E-state index contributed by atoms with van der Waals surface area (Å²) in [5.74, 6) is -3.09. The van der Waals surface area contributed by atoms with Crippen molar-refractivity contribution < 1.29 is 32.6 Å². The van der Waals surface area contributed by atoms with Crippen LogP contribution in [0.4, 0.5) is 14.5 Å². The number of amides is 1. The van der Waals surface area contributed by atoms with E-state index in [1.54, 1.807) is 18.2 Å². The van der Waals surface area contributed by atoms with E-state index in [4.69, 9.17) is 9.47 Å². The second-order valence-corrected chi connectivity index (χ2v) is 5.25. The van der Waals surface area contributed by atoms with Crippen molar-refractivity contribution in [3.63, 3.8) is 0 Å². The van der Waals surface area contributed by atoms with Crippen LogP contribution < -0.4 is 14.8 Å². The second-order valence-electron chi connectivity index (χ2n) is 5.25. The van der Waals surface area contributed by atoms with E-state index in [-0.39, 0.29) is 0 Å². The molecule has 2 rings (SSSR count). The lowest BCUT2D eigenvalue weighted by Crippen LogP contribution is -2.22. The number of rotatable bonds is 8. The molecule has 0 saturated carbocycles. The van der Waals surface area contributed by atoms with Crippen LogP contribution in [0.25, 0.3) is 0 Å². The Balaban J connectivity index is 1.99. The van der Waals surface area contributed by atoms with Crippen molar-refractivity contribution in [2.75, 3.05) is 25.1 Å². The Kier molecular flexibility index (Phi) is 7.10. The number of esters is 1. The monoisotopic (exact) mass is 379 g/mol. The van der Waals surface area contributed by atoms with Crippen LogP contribution in [0.15, 0.2) is 36.4 Å². The zero-order chi connectivity index (χ0) is 19.8. The normalized spacial score (nSPS) is 10.2. The average Bonchev–Trinajstić information content (AvgIpc) is 2.62. The van der Waals surface area contributed by atoms with Crippen LogP contribution in [0.2, 0.25) is 0 Å². The summed E-state index contributed by atoms with van der Waals surface area (Å²) >= 11 is 0. The topological polar surface area (TPSA) is 73.9 Å². The molecule has 8 heteroatoms. The number of benzene rings is 2. The van der Waals surface area contributed by atoms with E-state index in [9.17, 15) is 18.4 Å². The quantitative estimate of drug-likeness (QED) is 0.710. The molecule has 0 bridgehead atoms.